The summed E-state index contributed by atoms with van der Waals surface area (Å²) in [5.74, 6) is 1.48. The van der Waals surface area contributed by atoms with E-state index in [1.54, 1.807) is 0 Å². The first-order valence-electron chi connectivity index (χ1n) is 6.85. The normalized spacial score (nSPS) is 38.9. The van der Waals surface area contributed by atoms with Crippen LogP contribution in [-0.2, 0) is 4.79 Å². The zero-order valence-electron chi connectivity index (χ0n) is 9.87. The van der Waals surface area contributed by atoms with E-state index < -0.39 is 0 Å². The van der Waals surface area contributed by atoms with Crippen molar-refractivity contribution in [3.63, 3.8) is 0 Å². The number of hydrogen-bond donors (Lipinski definition) is 2. The lowest BCUT2D eigenvalue weighted by molar-refractivity contribution is -0.125. The van der Waals surface area contributed by atoms with Gasteiger partial charge in [0.2, 0.25) is 5.91 Å². The molecule has 16 heavy (non-hydrogen) atoms. The van der Waals surface area contributed by atoms with Gasteiger partial charge in [0.1, 0.15) is 0 Å². The molecule has 3 nitrogen and oxygen atoms in total. The molecule has 0 spiro atoms. The van der Waals surface area contributed by atoms with Crippen molar-refractivity contribution in [3.05, 3.63) is 0 Å². The highest BCUT2D eigenvalue weighted by atomic mass is 16.1. The van der Waals surface area contributed by atoms with Crippen molar-refractivity contribution in [2.75, 3.05) is 6.54 Å². The van der Waals surface area contributed by atoms with Gasteiger partial charge in [0, 0.05) is 18.0 Å². The lowest BCUT2D eigenvalue weighted by Gasteiger charge is -2.28. The topological polar surface area (TPSA) is 41.1 Å². The van der Waals surface area contributed by atoms with Gasteiger partial charge in [0.15, 0.2) is 0 Å². The van der Waals surface area contributed by atoms with E-state index in [0.29, 0.717) is 23.9 Å². The number of fused-ring (bicyclic) bond motifs is 2. The monoisotopic (exact) mass is 222 g/mol. The van der Waals surface area contributed by atoms with Crippen LogP contribution >= 0.6 is 0 Å². The molecule has 2 bridgehead atoms. The number of hydrogen-bond acceptors (Lipinski definition) is 2. The van der Waals surface area contributed by atoms with E-state index in [-0.39, 0.29) is 0 Å². The van der Waals surface area contributed by atoms with Gasteiger partial charge in [-0.05, 0) is 44.6 Å². The van der Waals surface area contributed by atoms with E-state index in [2.05, 4.69) is 10.6 Å². The molecule has 3 unspecified atom stereocenters. The average Bonchev–Trinajstić information content (AvgIpc) is 2.88. The summed E-state index contributed by atoms with van der Waals surface area (Å²) in [4.78, 5) is 12.0. The summed E-state index contributed by atoms with van der Waals surface area (Å²) in [6.07, 6.45) is 8.39. The Morgan fingerprint density at radius 1 is 1.12 bits per heavy atom. The minimum absolute atomic E-state index is 0.326. The van der Waals surface area contributed by atoms with E-state index in [1.165, 1.54) is 32.2 Å². The van der Waals surface area contributed by atoms with Gasteiger partial charge in [0.25, 0.3) is 0 Å². The highest BCUT2D eigenvalue weighted by Crippen LogP contribution is 2.30. The van der Waals surface area contributed by atoms with Gasteiger partial charge in [0.05, 0.1) is 0 Å². The number of amides is 1. The van der Waals surface area contributed by atoms with Crippen LogP contribution in [0.1, 0.15) is 44.9 Å². The summed E-state index contributed by atoms with van der Waals surface area (Å²) < 4.78 is 0. The Hall–Kier alpha value is -0.570. The molecule has 1 aliphatic heterocycles. The smallest absolute Gasteiger partial charge is 0.223 e. The average molecular weight is 222 g/mol. The molecular weight excluding hydrogens is 200 g/mol. The van der Waals surface area contributed by atoms with Gasteiger partial charge < -0.3 is 10.6 Å². The summed E-state index contributed by atoms with van der Waals surface area (Å²) in [6, 6.07) is 1.12. The van der Waals surface area contributed by atoms with Gasteiger partial charge >= 0.3 is 0 Å². The first kappa shape index (κ1) is 10.6. The summed E-state index contributed by atoms with van der Waals surface area (Å²) in [5, 5.41) is 6.82. The second-order valence-electron chi connectivity index (χ2n) is 5.87. The summed E-state index contributed by atoms with van der Waals surface area (Å²) >= 11 is 0. The van der Waals surface area contributed by atoms with Crippen molar-refractivity contribution >= 4 is 5.91 Å². The molecule has 1 heterocycles. The van der Waals surface area contributed by atoms with Crippen molar-refractivity contribution in [2.45, 2.75) is 57.0 Å². The Morgan fingerprint density at radius 2 is 1.94 bits per heavy atom. The molecule has 3 atom stereocenters. The second-order valence-corrected chi connectivity index (χ2v) is 5.87. The first-order valence-corrected chi connectivity index (χ1v) is 6.85. The predicted molar refractivity (Wildman–Crippen MR) is 63.0 cm³/mol. The van der Waals surface area contributed by atoms with Crippen molar-refractivity contribution in [3.8, 4) is 0 Å². The fraction of sp³-hybridized carbons (Fsp3) is 0.923. The zero-order valence-corrected chi connectivity index (χ0v) is 9.87. The van der Waals surface area contributed by atoms with Crippen LogP contribution in [0.25, 0.3) is 0 Å². The largest absolute Gasteiger partial charge is 0.353 e. The van der Waals surface area contributed by atoms with Gasteiger partial charge in [-0.15, -0.1) is 0 Å². The fourth-order valence-electron chi connectivity index (χ4n) is 3.73. The molecular formula is C13H22N2O. The quantitative estimate of drug-likeness (QED) is 0.742. The van der Waals surface area contributed by atoms with Gasteiger partial charge in [-0.25, -0.2) is 0 Å². The van der Waals surface area contributed by atoms with Crippen LogP contribution in [-0.4, -0.2) is 24.5 Å². The Balaban J connectivity index is 1.52. The third-order valence-corrected chi connectivity index (χ3v) is 4.57. The highest BCUT2D eigenvalue weighted by Gasteiger charge is 2.35. The number of carbonyl (C=O) groups is 1. The molecule has 2 saturated carbocycles. The minimum atomic E-state index is 0.326. The zero-order chi connectivity index (χ0) is 11.0. The predicted octanol–water partition coefficient (Wildman–Crippen LogP) is 1.43. The standard InChI is InChI=1S/C13H22N2O/c16-13(10-3-1-2-4-10)15-12-6-9-5-11(7-12)14-8-9/h9-12,14H,1-8H2,(H,15,16). The van der Waals surface area contributed by atoms with E-state index >= 15 is 0 Å². The SMILES string of the molecule is O=C(NC1CC2CNC(C2)C1)C1CCCC1. The third kappa shape index (κ3) is 2.10. The summed E-state index contributed by atoms with van der Waals surface area (Å²) in [6.45, 7) is 1.17. The lowest BCUT2D eigenvalue weighted by atomic mass is 9.86. The van der Waals surface area contributed by atoms with Crippen molar-refractivity contribution in [1.82, 2.24) is 10.6 Å². The number of nitrogens with one attached hydrogen (secondary N) is 2. The van der Waals surface area contributed by atoms with Gasteiger partial charge in [-0.3, -0.25) is 4.79 Å². The van der Waals surface area contributed by atoms with Gasteiger partial charge in [-0.2, -0.15) is 0 Å². The fourth-order valence-corrected chi connectivity index (χ4v) is 3.73. The Labute approximate surface area is 97.4 Å². The van der Waals surface area contributed by atoms with E-state index in [1.807, 2.05) is 0 Å². The van der Waals surface area contributed by atoms with E-state index in [9.17, 15) is 4.79 Å². The van der Waals surface area contributed by atoms with Crippen LogP contribution < -0.4 is 10.6 Å². The van der Waals surface area contributed by atoms with Crippen LogP contribution in [0.4, 0.5) is 0 Å². The molecule has 3 heteroatoms. The second kappa shape index (κ2) is 4.36. The summed E-state index contributed by atoms with van der Waals surface area (Å²) in [5.41, 5.74) is 0. The van der Waals surface area contributed by atoms with E-state index in [4.69, 9.17) is 0 Å². The molecule has 2 aliphatic carbocycles. The van der Waals surface area contributed by atoms with Crippen LogP contribution in [0.15, 0.2) is 0 Å². The van der Waals surface area contributed by atoms with Crippen LogP contribution in [0.2, 0.25) is 0 Å². The number of carbonyl (C=O) groups excluding carboxylic acids is 1. The lowest BCUT2D eigenvalue weighted by Crippen LogP contribution is -2.43. The molecule has 3 aliphatic rings. The molecule has 1 amide bonds. The molecule has 0 aromatic heterocycles. The molecule has 0 aromatic rings. The maximum atomic E-state index is 12.0. The molecule has 3 rings (SSSR count). The summed E-state index contributed by atoms with van der Waals surface area (Å²) in [7, 11) is 0. The first-order chi connectivity index (χ1) is 7.81. The molecule has 3 fully saturated rings. The molecule has 0 aromatic carbocycles. The molecule has 0 radical (unpaired) electrons. The Morgan fingerprint density at radius 3 is 2.69 bits per heavy atom. The Kier molecular flexibility index (Phi) is 2.88. The van der Waals surface area contributed by atoms with Crippen molar-refractivity contribution in [1.29, 1.82) is 0 Å². The molecule has 1 saturated heterocycles. The van der Waals surface area contributed by atoms with Crippen molar-refractivity contribution < 1.29 is 4.79 Å². The minimum Gasteiger partial charge on any atom is -0.353 e. The van der Waals surface area contributed by atoms with Crippen LogP contribution in [0.5, 0.6) is 0 Å². The highest BCUT2D eigenvalue weighted by molar-refractivity contribution is 5.79. The van der Waals surface area contributed by atoms with Crippen molar-refractivity contribution in [2.24, 2.45) is 11.8 Å². The van der Waals surface area contributed by atoms with E-state index in [0.717, 1.165) is 25.2 Å². The Bertz CT molecular complexity index is 261. The maximum Gasteiger partial charge on any atom is 0.223 e. The molecule has 2 N–H and O–H groups in total. The molecule has 90 valence electrons. The third-order valence-electron chi connectivity index (χ3n) is 4.57. The van der Waals surface area contributed by atoms with Crippen LogP contribution in [0, 0.1) is 11.8 Å². The van der Waals surface area contributed by atoms with Gasteiger partial charge in [-0.1, -0.05) is 12.8 Å². The maximum absolute atomic E-state index is 12.0. The van der Waals surface area contributed by atoms with Crippen LogP contribution in [0.3, 0.4) is 0 Å². The number of rotatable bonds is 2.